The second-order valence-electron chi connectivity index (χ2n) is 6.35. The molecule has 10 heteroatoms. The van der Waals surface area contributed by atoms with Crippen LogP contribution in [0.15, 0.2) is 46.7 Å². The van der Waals surface area contributed by atoms with Crippen LogP contribution in [0.3, 0.4) is 0 Å². The summed E-state index contributed by atoms with van der Waals surface area (Å²) in [5.41, 5.74) is 1.91. The van der Waals surface area contributed by atoms with Crippen LogP contribution in [0.1, 0.15) is 11.1 Å². The first kappa shape index (κ1) is 19.9. The van der Waals surface area contributed by atoms with Gasteiger partial charge >= 0.3 is 0 Å². The Bertz CT molecular complexity index is 1030. The Labute approximate surface area is 191 Å². The molecule has 1 aromatic heterocycles. The van der Waals surface area contributed by atoms with Gasteiger partial charge in [-0.05, 0) is 29.3 Å². The third kappa shape index (κ3) is 4.23. The molecule has 0 radical (unpaired) electrons. The lowest BCUT2D eigenvalue weighted by molar-refractivity contribution is 0.173. The van der Waals surface area contributed by atoms with Crippen LogP contribution >= 0.6 is 46.7 Å². The Morgan fingerprint density at radius 1 is 0.767 bits per heavy atom. The highest BCUT2D eigenvalue weighted by Crippen LogP contribution is 2.40. The van der Waals surface area contributed by atoms with Gasteiger partial charge in [0.25, 0.3) is 0 Å². The summed E-state index contributed by atoms with van der Waals surface area (Å²) in [6.07, 6.45) is 1.75. The number of thioether (sulfide) groups is 2. The number of halogens is 2. The zero-order chi connectivity index (χ0) is 20.5. The van der Waals surface area contributed by atoms with Crippen LogP contribution in [0.2, 0.25) is 10.0 Å². The summed E-state index contributed by atoms with van der Waals surface area (Å²) in [6.45, 7) is 0.445. The maximum Gasteiger partial charge on any atom is 0.231 e. The van der Waals surface area contributed by atoms with Gasteiger partial charge in [0.2, 0.25) is 13.6 Å². The van der Waals surface area contributed by atoms with Crippen molar-refractivity contribution in [2.24, 2.45) is 0 Å². The standard InChI is InChI=1S/C20H14Cl2N2O4S2/c21-13-5-17-15(25-9-27-17)3-11(13)7-29-19-1-2-23-20(24-19)30-8-12-4-16-18(6-14(12)22)28-10-26-16/h1-6H,7-10H2. The van der Waals surface area contributed by atoms with Crippen LogP contribution in [0.25, 0.3) is 0 Å². The minimum Gasteiger partial charge on any atom is -0.454 e. The van der Waals surface area contributed by atoms with Crippen molar-refractivity contribution in [2.75, 3.05) is 13.6 Å². The number of rotatable bonds is 6. The molecule has 0 saturated carbocycles. The molecule has 2 aliphatic heterocycles. The second kappa shape index (κ2) is 8.63. The van der Waals surface area contributed by atoms with Crippen LogP contribution in [-0.2, 0) is 11.5 Å². The highest BCUT2D eigenvalue weighted by atomic mass is 35.5. The highest BCUT2D eigenvalue weighted by Gasteiger charge is 2.18. The molecule has 0 N–H and O–H groups in total. The number of hydrogen-bond acceptors (Lipinski definition) is 8. The van der Waals surface area contributed by atoms with Crippen LogP contribution in [0, 0.1) is 0 Å². The van der Waals surface area contributed by atoms with Crippen molar-refractivity contribution in [1.82, 2.24) is 9.97 Å². The first-order valence-corrected chi connectivity index (χ1v) is 11.6. The van der Waals surface area contributed by atoms with E-state index in [9.17, 15) is 0 Å². The number of nitrogens with zero attached hydrogens (tertiary/aromatic N) is 2. The fourth-order valence-corrected chi connectivity index (χ4v) is 5.24. The van der Waals surface area contributed by atoms with Crippen molar-refractivity contribution in [1.29, 1.82) is 0 Å². The summed E-state index contributed by atoms with van der Waals surface area (Å²) in [5, 5.41) is 2.81. The Balaban J connectivity index is 1.24. The van der Waals surface area contributed by atoms with Gasteiger partial charge in [-0.15, -0.1) is 11.8 Å². The molecular weight excluding hydrogens is 467 g/mol. The molecule has 3 heterocycles. The fourth-order valence-electron chi connectivity index (χ4n) is 2.91. The molecule has 0 spiro atoms. The molecule has 6 nitrogen and oxygen atoms in total. The summed E-state index contributed by atoms with van der Waals surface area (Å²) in [4.78, 5) is 8.98. The van der Waals surface area contributed by atoms with E-state index in [1.165, 1.54) is 11.8 Å². The van der Waals surface area contributed by atoms with E-state index in [4.69, 9.17) is 42.1 Å². The Morgan fingerprint density at radius 3 is 1.90 bits per heavy atom. The van der Waals surface area contributed by atoms with Crippen molar-refractivity contribution >= 4 is 46.7 Å². The molecule has 0 amide bonds. The molecule has 0 aliphatic carbocycles. The lowest BCUT2D eigenvalue weighted by Crippen LogP contribution is -1.93. The molecule has 0 saturated heterocycles. The average molecular weight is 481 g/mol. The molecule has 154 valence electrons. The van der Waals surface area contributed by atoms with E-state index in [0.29, 0.717) is 44.0 Å². The Hall–Kier alpha value is -2.00. The van der Waals surface area contributed by atoms with E-state index in [1.54, 1.807) is 30.1 Å². The Morgan fingerprint density at radius 2 is 1.30 bits per heavy atom. The first-order valence-electron chi connectivity index (χ1n) is 8.90. The van der Waals surface area contributed by atoms with Crippen LogP contribution in [0.4, 0.5) is 0 Å². The van der Waals surface area contributed by atoms with Gasteiger partial charge in [0, 0.05) is 39.9 Å². The van der Waals surface area contributed by atoms with Gasteiger partial charge in [-0.1, -0.05) is 35.0 Å². The monoisotopic (exact) mass is 480 g/mol. The summed E-state index contributed by atoms with van der Waals surface area (Å²) in [5.74, 6) is 4.06. The SMILES string of the molecule is Clc1cc2c(cc1CSc1ccnc(SCc3cc4c(cc3Cl)OCO4)n1)OCO2. The highest BCUT2D eigenvalue weighted by molar-refractivity contribution is 7.99. The van der Waals surface area contributed by atoms with Gasteiger partial charge in [0.05, 0.1) is 0 Å². The molecule has 2 aromatic carbocycles. The smallest absolute Gasteiger partial charge is 0.231 e. The molecule has 2 aliphatic rings. The maximum atomic E-state index is 6.36. The zero-order valence-electron chi connectivity index (χ0n) is 15.4. The number of hydrogen-bond donors (Lipinski definition) is 0. The molecule has 30 heavy (non-hydrogen) atoms. The van der Waals surface area contributed by atoms with E-state index < -0.39 is 0 Å². The number of ether oxygens (including phenoxy) is 4. The summed E-state index contributed by atoms with van der Waals surface area (Å²) in [6, 6.07) is 9.26. The van der Waals surface area contributed by atoms with Crippen molar-refractivity contribution in [3.05, 3.63) is 57.7 Å². The molecule has 3 aromatic rings. The average Bonchev–Trinajstić information content (AvgIpc) is 3.39. The quantitative estimate of drug-likeness (QED) is 0.248. The molecule has 0 bridgehead atoms. The van der Waals surface area contributed by atoms with E-state index in [2.05, 4.69) is 9.97 Å². The third-order valence-electron chi connectivity index (χ3n) is 4.42. The van der Waals surface area contributed by atoms with Gasteiger partial charge in [-0.3, -0.25) is 0 Å². The van der Waals surface area contributed by atoms with Crippen molar-refractivity contribution < 1.29 is 18.9 Å². The van der Waals surface area contributed by atoms with Gasteiger partial charge in [0.1, 0.15) is 5.03 Å². The predicted octanol–water partition coefficient (Wildman–Crippen LogP) is 5.83. The minimum absolute atomic E-state index is 0.220. The van der Waals surface area contributed by atoms with Gasteiger partial charge in [-0.25, -0.2) is 9.97 Å². The van der Waals surface area contributed by atoms with Gasteiger partial charge in [0.15, 0.2) is 28.2 Å². The zero-order valence-corrected chi connectivity index (χ0v) is 18.5. The van der Waals surface area contributed by atoms with Crippen LogP contribution < -0.4 is 18.9 Å². The summed E-state index contributed by atoms with van der Waals surface area (Å²) in [7, 11) is 0. The van der Waals surface area contributed by atoms with Crippen LogP contribution in [0.5, 0.6) is 23.0 Å². The maximum absolute atomic E-state index is 6.36. The number of fused-ring (bicyclic) bond motifs is 2. The van der Waals surface area contributed by atoms with Crippen molar-refractivity contribution in [3.63, 3.8) is 0 Å². The van der Waals surface area contributed by atoms with E-state index in [-0.39, 0.29) is 13.6 Å². The van der Waals surface area contributed by atoms with Crippen LogP contribution in [-0.4, -0.2) is 23.6 Å². The van der Waals surface area contributed by atoms with E-state index in [1.807, 2.05) is 18.2 Å². The van der Waals surface area contributed by atoms with Gasteiger partial charge < -0.3 is 18.9 Å². The third-order valence-corrected chi connectivity index (χ3v) is 7.02. The molecule has 0 atom stereocenters. The van der Waals surface area contributed by atoms with Gasteiger partial charge in [-0.2, -0.15) is 0 Å². The fraction of sp³-hybridized carbons (Fsp3) is 0.200. The number of benzene rings is 2. The Kier molecular flexibility index (Phi) is 5.73. The molecule has 0 unspecified atom stereocenters. The van der Waals surface area contributed by atoms with E-state index >= 15 is 0 Å². The normalized spacial score (nSPS) is 13.7. The minimum atomic E-state index is 0.220. The topological polar surface area (TPSA) is 62.7 Å². The number of aromatic nitrogens is 2. The van der Waals surface area contributed by atoms with Crippen molar-refractivity contribution in [3.8, 4) is 23.0 Å². The molecular formula is C20H14Cl2N2O4S2. The summed E-state index contributed by atoms with van der Waals surface area (Å²) >= 11 is 15.8. The lowest BCUT2D eigenvalue weighted by Gasteiger charge is -2.08. The lowest BCUT2D eigenvalue weighted by atomic mass is 10.2. The first-order chi connectivity index (χ1) is 14.7. The molecule has 0 fully saturated rings. The largest absolute Gasteiger partial charge is 0.454 e. The second-order valence-corrected chi connectivity index (χ2v) is 9.10. The molecule has 5 rings (SSSR count). The summed E-state index contributed by atoms with van der Waals surface area (Å²) < 4.78 is 21.5. The predicted molar refractivity (Wildman–Crippen MR) is 116 cm³/mol. The van der Waals surface area contributed by atoms with E-state index in [0.717, 1.165) is 21.9 Å². The van der Waals surface area contributed by atoms with Crippen molar-refractivity contribution in [2.45, 2.75) is 21.7 Å².